The van der Waals surface area contributed by atoms with Crippen LogP contribution in [-0.2, 0) is 0 Å². The minimum Gasteiger partial charge on any atom is -0.388 e. The zero-order valence-corrected chi connectivity index (χ0v) is 10.8. The Morgan fingerprint density at radius 1 is 1.59 bits per heavy atom. The van der Waals surface area contributed by atoms with Crippen molar-refractivity contribution in [3.63, 3.8) is 0 Å². The van der Waals surface area contributed by atoms with E-state index >= 15 is 0 Å². The number of rotatable bonds is 4. The van der Waals surface area contributed by atoms with Gasteiger partial charge in [0.1, 0.15) is 10.7 Å². The van der Waals surface area contributed by atoms with Crippen molar-refractivity contribution in [2.24, 2.45) is 17.6 Å². The topological polar surface area (TPSA) is 63.8 Å². The summed E-state index contributed by atoms with van der Waals surface area (Å²) in [5, 5.41) is 3.27. The lowest BCUT2D eigenvalue weighted by atomic mass is 9.98. The van der Waals surface area contributed by atoms with Crippen molar-refractivity contribution in [1.82, 2.24) is 9.97 Å². The van der Waals surface area contributed by atoms with Crippen molar-refractivity contribution in [2.45, 2.75) is 26.2 Å². The predicted molar refractivity (Wildman–Crippen MR) is 72.9 cm³/mol. The molecule has 1 aromatic rings. The Kier molecular flexibility index (Phi) is 3.89. The van der Waals surface area contributed by atoms with E-state index in [4.69, 9.17) is 18.0 Å². The molecule has 1 aliphatic carbocycles. The van der Waals surface area contributed by atoms with Gasteiger partial charge in [0.25, 0.3) is 0 Å². The summed E-state index contributed by atoms with van der Waals surface area (Å²) in [4.78, 5) is 8.75. The molecule has 0 bridgehead atoms. The fourth-order valence-corrected chi connectivity index (χ4v) is 2.44. The Bertz CT molecular complexity index is 407. The third-order valence-corrected chi connectivity index (χ3v) is 3.68. The highest BCUT2D eigenvalue weighted by Gasteiger charge is 2.23. The summed E-state index contributed by atoms with van der Waals surface area (Å²) in [6.45, 7) is 3.24. The number of thiocarbonyl (C=S) groups is 1. The summed E-state index contributed by atoms with van der Waals surface area (Å²) >= 11 is 4.89. The highest BCUT2D eigenvalue weighted by atomic mass is 32.1. The van der Waals surface area contributed by atoms with E-state index < -0.39 is 0 Å². The van der Waals surface area contributed by atoms with E-state index in [1.807, 2.05) is 0 Å². The second-order valence-corrected chi connectivity index (χ2v) is 5.12. The number of aromatic nitrogens is 2. The van der Waals surface area contributed by atoms with Crippen LogP contribution in [0.2, 0.25) is 0 Å². The molecule has 0 saturated heterocycles. The highest BCUT2D eigenvalue weighted by molar-refractivity contribution is 7.80. The predicted octanol–water partition coefficient (Wildman–Crippen LogP) is 1.96. The van der Waals surface area contributed by atoms with Gasteiger partial charge >= 0.3 is 0 Å². The molecule has 3 N–H and O–H groups in total. The molecule has 0 aromatic carbocycles. The molecule has 1 heterocycles. The average molecular weight is 250 g/mol. The van der Waals surface area contributed by atoms with Crippen LogP contribution in [0.25, 0.3) is 0 Å². The summed E-state index contributed by atoms with van der Waals surface area (Å²) in [6.07, 6.45) is 5.65. The van der Waals surface area contributed by atoms with Gasteiger partial charge in [-0.25, -0.2) is 9.97 Å². The summed E-state index contributed by atoms with van der Waals surface area (Å²) in [7, 11) is 0. The first kappa shape index (κ1) is 12.2. The maximum absolute atomic E-state index is 5.54. The first-order valence-electron chi connectivity index (χ1n) is 6.03. The van der Waals surface area contributed by atoms with Crippen LogP contribution in [0.5, 0.6) is 0 Å². The Balaban J connectivity index is 1.94. The molecule has 1 aromatic heterocycles. The zero-order chi connectivity index (χ0) is 12.3. The van der Waals surface area contributed by atoms with E-state index in [2.05, 4.69) is 22.2 Å². The number of nitrogens with two attached hydrogens (primary N) is 1. The van der Waals surface area contributed by atoms with Gasteiger partial charge in [0, 0.05) is 12.7 Å². The molecule has 2 unspecified atom stereocenters. The van der Waals surface area contributed by atoms with E-state index in [1.54, 1.807) is 12.3 Å². The van der Waals surface area contributed by atoms with Gasteiger partial charge in [-0.05, 0) is 24.3 Å². The summed E-state index contributed by atoms with van der Waals surface area (Å²) < 4.78 is 0. The third-order valence-electron chi connectivity index (χ3n) is 3.47. The largest absolute Gasteiger partial charge is 0.388 e. The van der Waals surface area contributed by atoms with Crippen LogP contribution in [0.15, 0.2) is 12.3 Å². The van der Waals surface area contributed by atoms with Crippen LogP contribution >= 0.6 is 12.2 Å². The normalized spacial score (nSPS) is 23.6. The summed E-state index contributed by atoms with van der Waals surface area (Å²) in [5.74, 6) is 2.14. The van der Waals surface area contributed by atoms with Gasteiger partial charge in [0.15, 0.2) is 0 Å². The number of hydrogen-bond donors (Lipinski definition) is 2. The molecule has 0 aliphatic heterocycles. The number of anilines is 1. The maximum atomic E-state index is 5.54. The fraction of sp³-hybridized carbons (Fsp3) is 0.583. The molecule has 17 heavy (non-hydrogen) atoms. The van der Waals surface area contributed by atoms with Gasteiger partial charge in [0.05, 0.1) is 0 Å². The molecule has 2 rings (SSSR count). The lowest BCUT2D eigenvalue weighted by molar-refractivity contribution is 0.439. The van der Waals surface area contributed by atoms with Crippen molar-refractivity contribution in [2.75, 3.05) is 11.9 Å². The minimum atomic E-state index is 0.310. The molecule has 0 amide bonds. The molecule has 1 saturated carbocycles. The first-order chi connectivity index (χ1) is 8.16. The van der Waals surface area contributed by atoms with E-state index in [-0.39, 0.29) is 0 Å². The Morgan fingerprint density at radius 3 is 3.06 bits per heavy atom. The van der Waals surface area contributed by atoms with Crippen LogP contribution in [0.4, 0.5) is 5.95 Å². The molecule has 4 nitrogen and oxygen atoms in total. The molecule has 0 spiro atoms. The maximum Gasteiger partial charge on any atom is 0.223 e. The van der Waals surface area contributed by atoms with Crippen LogP contribution in [0, 0.1) is 11.8 Å². The SMILES string of the molecule is CC1CCCC1CNc1nccc(C(N)=S)n1. The van der Waals surface area contributed by atoms with Gasteiger partial charge in [-0.3, -0.25) is 0 Å². The third kappa shape index (κ3) is 3.12. The second kappa shape index (κ2) is 5.40. The molecular weight excluding hydrogens is 232 g/mol. The molecule has 1 aliphatic rings. The summed E-state index contributed by atoms with van der Waals surface area (Å²) in [6, 6.07) is 1.73. The van der Waals surface area contributed by atoms with Gasteiger partial charge in [-0.15, -0.1) is 0 Å². The Morgan fingerprint density at radius 2 is 2.41 bits per heavy atom. The van der Waals surface area contributed by atoms with E-state index in [0.717, 1.165) is 18.4 Å². The summed E-state index contributed by atoms with van der Waals surface area (Å²) in [5.41, 5.74) is 6.16. The highest BCUT2D eigenvalue weighted by Crippen LogP contribution is 2.30. The van der Waals surface area contributed by atoms with E-state index in [9.17, 15) is 0 Å². The van der Waals surface area contributed by atoms with Crippen LogP contribution in [-0.4, -0.2) is 21.5 Å². The monoisotopic (exact) mass is 250 g/mol. The quantitative estimate of drug-likeness (QED) is 0.800. The molecule has 92 valence electrons. The lowest BCUT2D eigenvalue weighted by Gasteiger charge is -2.15. The van der Waals surface area contributed by atoms with Crippen LogP contribution in [0.1, 0.15) is 31.9 Å². The Hall–Kier alpha value is -1.23. The van der Waals surface area contributed by atoms with Crippen LogP contribution in [0.3, 0.4) is 0 Å². The standard InChI is InChI=1S/C12H18N4S/c1-8-3-2-4-9(8)7-15-12-14-6-5-10(16-12)11(13)17/h5-6,8-9H,2-4,7H2,1H3,(H2,13,17)(H,14,15,16). The Labute approximate surface area is 107 Å². The molecular formula is C12H18N4S. The average Bonchev–Trinajstić information content (AvgIpc) is 2.72. The van der Waals surface area contributed by atoms with Crippen molar-refractivity contribution >= 4 is 23.2 Å². The van der Waals surface area contributed by atoms with E-state index in [1.165, 1.54) is 19.3 Å². The minimum absolute atomic E-state index is 0.310. The number of nitrogens with one attached hydrogen (secondary N) is 1. The number of nitrogens with zero attached hydrogens (tertiary/aromatic N) is 2. The number of hydrogen-bond acceptors (Lipinski definition) is 4. The van der Waals surface area contributed by atoms with Gasteiger partial charge in [-0.2, -0.15) is 0 Å². The molecule has 0 radical (unpaired) electrons. The van der Waals surface area contributed by atoms with Crippen molar-refractivity contribution < 1.29 is 0 Å². The zero-order valence-electron chi connectivity index (χ0n) is 10.0. The van der Waals surface area contributed by atoms with Crippen molar-refractivity contribution in [3.05, 3.63) is 18.0 Å². The van der Waals surface area contributed by atoms with Crippen molar-refractivity contribution in [1.29, 1.82) is 0 Å². The van der Waals surface area contributed by atoms with E-state index in [0.29, 0.717) is 16.6 Å². The van der Waals surface area contributed by atoms with Gasteiger partial charge in [0.2, 0.25) is 5.95 Å². The molecule has 5 heteroatoms. The second-order valence-electron chi connectivity index (χ2n) is 4.68. The van der Waals surface area contributed by atoms with Gasteiger partial charge < -0.3 is 11.1 Å². The van der Waals surface area contributed by atoms with Gasteiger partial charge in [-0.1, -0.05) is 32.0 Å². The lowest BCUT2D eigenvalue weighted by Crippen LogP contribution is -2.19. The first-order valence-corrected chi connectivity index (χ1v) is 6.44. The molecule has 2 atom stereocenters. The fourth-order valence-electron chi connectivity index (χ4n) is 2.33. The smallest absolute Gasteiger partial charge is 0.223 e. The molecule has 1 fully saturated rings. The van der Waals surface area contributed by atoms with Crippen LogP contribution < -0.4 is 11.1 Å². The van der Waals surface area contributed by atoms with Crippen molar-refractivity contribution in [3.8, 4) is 0 Å².